The lowest BCUT2D eigenvalue weighted by Crippen LogP contribution is -2.64. The molecular formula is C25H27N3O2. The summed E-state index contributed by atoms with van der Waals surface area (Å²) in [5.74, 6) is 1.11. The van der Waals surface area contributed by atoms with E-state index in [1.165, 1.54) is 5.56 Å². The van der Waals surface area contributed by atoms with Gasteiger partial charge in [-0.2, -0.15) is 0 Å². The minimum atomic E-state index is -0.278. The normalized spacial score (nSPS) is 25.2. The van der Waals surface area contributed by atoms with Crippen LogP contribution in [0.1, 0.15) is 18.4 Å². The minimum absolute atomic E-state index is 0.153. The second-order valence-corrected chi connectivity index (χ2v) is 8.48. The van der Waals surface area contributed by atoms with E-state index >= 15 is 0 Å². The number of carbonyl (C=O) groups excluding carboxylic acids is 1. The maximum absolute atomic E-state index is 13.1. The quantitative estimate of drug-likeness (QED) is 0.651. The molecule has 4 heterocycles. The number of likely N-dealkylation sites (N-methyl/N-ethyl adjacent to an activating group) is 1. The zero-order valence-electron chi connectivity index (χ0n) is 17.3. The largest absolute Gasteiger partial charge is 0.415 e. The van der Waals surface area contributed by atoms with Gasteiger partial charge in [0.25, 0.3) is 0 Å². The molecular weight excluding hydrogens is 374 g/mol. The molecule has 0 saturated carbocycles. The fraction of sp³-hybridized carbons (Fsp3) is 0.360. The van der Waals surface area contributed by atoms with Crippen LogP contribution in [0, 0.1) is 5.92 Å². The van der Waals surface area contributed by atoms with Gasteiger partial charge < -0.3 is 9.64 Å². The van der Waals surface area contributed by atoms with Gasteiger partial charge in [-0.1, -0.05) is 36.4 Å². The molecule has 0 N–H and O–H groups in total. The van der Waals surface area contributed by atoms with Crippen molar-refractivity contribution in [1.29, 1.82) is 0 Å². The van der Waals surface area contributed by atoms with Crippen LogP contribution in [0.25, 0.3) is 10.8 Å². The Hall–Kier alpha value is -2.92. The molecule has 3 aliphatic heterocycles. The van der Waals surface area contributed by atoms with Crippen LogP contribution in [0.15, 0.2) is 67.0 Å². The lowest BCUT2D eigenvalue weighted by molar-refractivity contribution is -0.0272. The molecule has 30 heavy (non-hydrogen) atoms. The van der Waals surface area contributed by atoms with Crippen molar-refractivity contribution >= 4 is 16.9 Å². The van der Waals surface area contributed by atoms with Crippen molar-refractivity contribution in [2.45, 2.75) is 31.3 Å². The highest BCUT2D eigenvalue weighted by molar-refractivity contribution is 5.84. The number of piperidine rings is 3. The van der Waals surface area contributed by atoms with Gasteiger partial charge >= 0.3 is 6.09 Å². The molecule has 2 atom stereocenters. The molecule has 3 aliphatic rings. The second kappa shape index (κ2) is 8.07. The van der Waals surface area contributed by atoms with Crippen molar-refractivity contribution in [1.82, 2.24) is 14.8 Å². The number of nitrogens with zero attached hydrogens (tertiary/aromatic N) is 3. The highest BCUT2D eigenvalue weighted by Gasteiger charge is 2.45. The second-order valence-electron chi connectivity index (χ2n) is 8.48. The molecule has 0 spiro atoms. The van der Waals surface area contributed by atoms with Crippen molar-refractivity contribution in [3.8, 4) is 5.75 Å². The highest BCUT2D eigenvalue weighted by Crippen LogP contribution is 2.37. The Morgan fingerprint density at radius 3 is 2.67 bits per heavy atom. The Balaban J connectivity index is 1.35. The molecule has 154 valence electrons. The molecule has 3 fully saturated rings. The minimum Gasteiger partial charge on any atom is -0.410 e. The van der Waals surface area contributed by atoms with Crippen LogP contribution in [-0.4, -0.2) is 53.1 Å². The molecule has 0 aliphatic carbocycles. The molecule has 2 aromatic carbocycles. The van der Waals surface area contributed by atoms with E-state index in [9.17, 15) is 4.79 Å². The predicted molar refractivity (Wildman–Crippen MR) is 118 cm³/mol. The molecule has 5 heteroatoms. The Kier molecular flexibility index (Phi) is 5.13. The SMILES string of the molecule is CN(C(=O)Oc1ccc2ccccc2c1)[C@@H]1C2CCN(CC2)[C@H]1Cc1cccnc1. The lowest BCUT2D eigenvalue weighted by atomic mass is 9.76. The van der Waals surface area contributed by atoms with E-state index in [-0.39, 0.29) is 12.1 Å². The number of hydrogen-bond acceptors (Lipinski definition) is 4. The predicted octanol–water partition coefficient (Wildman–Crippen LogP) is 4.37. The Morgan fingerprint density at radius 2 is 1.90 bits per heavy atom. The zero-order chi connectivity index (χ0) is 20.5. The number of carbonyl (C=O) groups is 1. The standard InChI is InChI=1S/C25H27N3O2/c1-27(25(29)30-22-9-8-19-6-2-3-7-21(19)16-22)24-20-10-13-28(14-11-20)23(24)15-18-5-4-12-26-17-18/h2-9,12,16-17,20,23-24H,10-11,13-15H2,1H3/t23-,24+/m0/s1. The van der Waals surface area contributed by atoms with E-state index in [2.05, 4.69) is 22.0 Å². The van der Waals surface area contributed by atoms with Crippen molar-refractivity contribution < 1.29 is 9.53 Å². The van der Waals surface area contributed by atoms with Crippen molar-refractivity contribution in [3.05, 3.63) is 72.6 Å². The van der Waals surface area contributed by atoms with Gasteiger partial charge in [-0.3, -0.25) is 9.88 Å². The summed E-state index contributed by atoms with van der Waals surface area (Å²) in [4.78, 5) is 21.7. The molecule has 3 saturated heterocycles. The van der Waals surface area contributed by atoms with Gasteiger partial charge in [-0.25, -0.2) is 4.79 Å². The van der Waals surface area contributed by atoms with Gasteiger partial charge in [0, 0.05) is 25.5 Å². The van der Waals surface area contributed by atoms with Gasteiger partial charge in [-0.15, -0.1) is 0 Å². The van der Waals surface area contributed by atoms with Crippen molar-refractivity contribution in [3.63, 3.8) is 0 Å². The van der Waals surface area contributed by atoms with Crippen LogP contribution in [0.3, 0.4) is 0 Å². The third-order valence-corrected chi connectivity index (χ3v) is 6.75. The first kappa shape index (κ1) is 19.1. The lowest BCUT2D eigenvalue weighted by Gasteiger charge is -2.53. The summed E-state index contributed by atoms with van der Waals surface area (Å²) >= 11 is 0. The topological polar surface area (TPSA) is 45.7 Å². The van der Waals surface area contributed by atoms with Crippen molar-refractivity contribution in [2.24, 2.45) is 5.92 Å². The van der Waals surface area contributed by atoms with Crippen LogP contribution in [0.5, 0.6) is 5.75 Å². The third-order valence-electron chi connectivity index (χ3n) is 6.75. The number of benzene rings is 2. The number of aromatic nitrogens is 1. The average molecular weight is 402 g/mol. The monoisotopic (exact) mass is 401 g/mol. The Labute approximate surface area is 177 Å². The molecule has 0 radical (unpaired) electrons. The average Bonchev–Trinajstić information content (AvgIpc) is 2.80. The van der Waals surface area contributed by atoms with Gasteiger partial charge in [0.2, 0.25) is 0 Å². The summed E-state index contributed by atoms with van der Waals surface area (Å²) in [6.45, 7) is 2.22. The van der Waals surface area contributed by atoms with E-state index in [4.69, 9.17) is 4.74 Å². The Morgan fingerprint density at radius 1 is 1.10 bits per heavy atom. The number of fused-ring (bicyclic) bond motifs is 4. The first-order valence-electron chi connectivity index (χ1n) is 10.8. The van der Waals surface area contributed by atoms with E-state index in [0.29, 0.717) is 17.7 Å². The highest BCUT2D eigenvalue weighted by atomic mass is 16.6. The number of hydrogen-bond donors (Lipinski definition) is 0. The van der Waals surface area contributed by atoms with E-state index in [0.717, 1.165) is 43.1 Å². The molecule has 5 nitrogen and oxygen atoms in total. The Bertz CT molecular complexity index is 1030. The van der Waals surface area contributed by atoms with E-state index < -0.39 is 0 Å². The summed E-state index contributed by atoms with van der Waals surface area (Å²) in [5.41, 5.74) is 1.22. The number of pyridine rings is 1. The maximum Gasteiger partial charge on any atom is 0.415 e. The summed E-state index contributed by atoms with van der Waals surface area (Å²) in [6.07, 6.45) is 6.65. The van der Waals surface area contributed by atoms with E-state index in [1.807, 2.05) is 60.6 Å². The molecule has 1 aromatic heterocycles. The maximum atomic E-state index is 13.1. The van der Waals surface area contributed by atoms with Gasteiger partial charge in [0.1, 0.15) is 5.75 Å². The fourth-order valence-electron chi connectivity index (χ4n) is 5.23. The van der Waals surface area contributed by atoms with Crippen LogP contribution in [0.4, 0.5) is 4.79 Å². The van der Waals surface area contributed by atoms with Crippen LogP contribution in [0.2, 0.25) is 0 Å². The molecule has 3 aromatic rings. The third kappa shape index (κ3) is 3.65. The molecule has 2 bridgehead atoms. The number of ether oxygens (including phenoxy) is 1. The van der Waals surface area contributed by atoms with E-state index in [1.54, 1.807) is 6.20 Å². The first-order chi connectivity index (χ1) is 14.7. The summed E-state index contributed by atoms with van der Waals surface area (Å²) in [7, 11) is 1.89. The van der Waals surface area contributed by atoms with Gasteiger partial charge in [0.05, 0.1) is 6.04 Å². The van der Waals surface area contributed by atoms with Gasteiger partial charge in [0.15, 0.2) is 0 Å². The number of amides is 1. The van der Waals surface area contributed by atoms with Crippen LogP contribution >= 0.6 is 0 Å². The smallest absolute Gasteiger partial charge is 0.410 e. The van der Waals surface area contributed by atoms with Crippen LogP contribution in [-0.2, 0) is 6.42 Å². The molecule has 6 rings (SSSR count). The van der Waals surface area contributed by atoms with Gasteiger partial charge in [-0.05, 0) is 72.8 Å². The summed E-state index contributed by atoms with van der Waals surface area (Å²) < 4.78 is 5.80. The first-order valence-corrected chi connectivity index (χ1v) is 10.8. The summed E-state index contributed by atoms with van der Waals surface area (Å²) in [6, 6.07) is 18.5. The molecule has 1 amide bonds. The summed E-state index contributed by atoms with van der Waals surface area (Å²) in [5, 5.41) is 2.21. The molecule has 0 unspecified atom stereocenters. The van der Waals surface area contributed by atoms with Crippen molar-refractivity contribution in [2.75, 3.05) is 20.1 Å². The van der Waals surface area contributed by atoms with Crippen LogP contribution < -0.4 is 4.74 Å². The zero-order valence-corrected chi connectivity index (χ0v) is 17.3. The number of rotatable bonds is 4. The fourth-order valence-corrected chi connectivity index (χ4v) is 5.23.